The highest BCUT2D eigenvalue weighted by Gasteiger charge is 1.97. The average molecular weight is 361 g/mol. The minimum atomic E-state index is 0.740. The summed E-state index contributed by atoms with van der Waals surface area (Å²) in [5.74, 6) is 0.858. The second kappa shape index (κ2) is 16.9. The third-order valence-electron chi connectivity index (χ3n) is 4.82. The SMILES string of the molecule is CCCCCCCCCCCCCCCCOc1ccc(N[C]=O)cc1. The zero-order chi connectivity index (χ0) is 18.7. The highest BCUT2D eigenvalue weighted by atomic mass is 16.5. The number of benzene rings is 1. The van der Waals surface area contributed by atoms with Gasteiger partial charge in [-0.05, 0) is 30.7 Å². The molecule has 0 aliphatic heterocycles. The number of rotatable bonds is 18. The Morgan fingerprint density at radius 1 is 0.731 bits per heavy atom. The van der Waals surface area contributed by atoms with Gasteiger partial charge in [-0.3, -0.25) is 4.79 Å². The lowest BCUT2D eigenvalue weighted by molar-refractivity contribution is 0.304. The molecule has 0 heterocycles. The number of amides is 1. The van der Waals surface area contributed by atoms with E-state index in [0.29, 0.717) is 0 Å². The van der Waals surface area contributed by atoms with Crippen molar-refractivity contribution in [2.75, 3.05) is 11.9 Å². The first-order chi connectivity index (χ1) is 12.9. The molecule has 1 radical (unpaired) electrons. The largest absolute Gasteiger partial charge is 0.494 e. The summed E-state index contributed by atoms with van der Waals surface area (Å²) < 4.78 is 5.72. The summed E-state index contributed by atoms with van der Waals surface area (Å²) in [6, 6.07) is 7.41. The molecule has 1 N–H and O–H groups in total. The zero-order valence-electron chi connectivity index (χ0n) is 16.7. The van der Waals surface area contributed by atoms with Gasteiger partial charge in [-0.2, -0.15) is 0 Å². The van der Waals surface area contributed by atoms with Gasteiger partial charge in [-0.15, -0.1) is 0 Å². The Hall–Kier alpha value is -1.51. The van der Waals surface area contributed by atoms with E-state index in [9.17, 15) is 4.79 Å². The number of ether oxygens (including phenoxy) is 1. The summed E-state index contributed by atoms with van der Waals surface area (Å²) in [4.78, 5) is 10.2. The van der Waals surface area contributed by atoms with Gasteiger partial charge in [0.15, 0.2) is 0 Å². The number of carbonyl (C=O) groups excluding carboxylic acids is 1. The van der Waals surface area contributed by atoms with Crippen molar-refractivity contribution >= 4 is 12.1 Å². The van der Waals surface area contributed by atoms with Crippen molar-refractivity contribution < 1.29 is 9.53 Å². The maximum atomic E-state index is 10.2. The van der Waals surface area contributed by atoms with E-state index in [1.807, 2.05) is 24.3 Å². The van der Waals surface area contributed by atoms with E-state index in [2.05, 4.69) is 12.2 Å². The number of unbranched alkanes of at least 4 members (excludes halogenated alkanes) is 13. The van der Waals surface area contributed by atoms with Gasteiger partial charge in [0.2, 0.25) is 0 Å². The standard InChI is InChI=1S/C23H38NO2/c1-2-3-4-5-6-7-8-9-10-11-12-13-14-15-20-26-23-18-16-22(17-19-23)24-21-25/h16-19H,2-15,20H2,1H3,(H,24,25). The van der Waals surface area contributed by atoms with Crippen molar-refractivity contribution in [2.24, 2.45) is 0 Å². The molecular formula is C23H38NO2. The molecule has 0 aliphatic carbocycles. The lowest BCUT2D eigenvalue weighted by atomic mass is 10.0. The van der Waals surface area contributed by atoms with Gasteiger partial charge in [-0.1, -0.05) is 90.4 Å². The Morgan fingerprint density at radius 2 is 1.19 bits per heavy atom. The molecule has 26 heavy (non-hydrogen) atoms. The molecule has 0 bridgehead atoms. The van der Waals surface area contributed by atoms with Crippen LogP contribution >= 0.6 is 0 Å². The first-order valence-electron chi connectivity index (χ1n) is 10.7. The fourth-order valence-electron chi connectivity index (χ4n) is 3.18. The summed E-state index contributed by atoms with van der Waals surface area (Å²) in [6.45, 7) is 3.05. The van der Waals surface area contributed by atoms with E-state index in [1.54, 1.807) is 6.41 Å². The summed E-state index contributed by atoms with van der Waals surface area (Å²) in [6.07, 6.45) is 20.8. The predicted octanol–water partition coefficient (Wildman–Crippen LogP) is 7.03. The highest BCUT2D eigenvalue weighted by molar-refractivity contribution is 5.71. The van der Waals surface area contributed by atoms with Crippen molar-refractivity contribution in [2.45, 2.75) is 96.8 Å². The smallest absolute Gasteiger partial charge is 0.314 e. The Labute approximate surface area is 160 Å². The van der Waals surface area contributed by atoms with Gasteiger partial charge in [-0.25, -0.2) is 0 Å². The monoisotopic (exact) mass is 360 g/mol. The van der Waals surface area contributed by atoms with Crippen LogP contribution in [-0.2, 0) is 4.79 Å². The molecule has 1 rings (SSSR count). The van der Waals surface area contributed by atoms with Crippen molar-refractivity contribution in [3.63, 3.8) is 0 Å². The van der Waals surface area contributed by atoms with Gasteiger partial charge in [0.1, 0.15) is 5.75 Å². The van der Waals surface area contributed by atoms with Crippen LogP contribution in [0.15, 0.2) is 24.3 Å². The van der Waals surface area contributed by atoms with E-state index in [1.165, 1.54) is 83.5 Å². The molecule has 0 fully saturated rings. The maximum absolute atomic E-state index is 10.2. The Kier molecular flexibility index (Phi) is 14.7. The molecule has 1 amide bonds. The van der Waals surface area contributed by atoms with Crippen molar-refractivity contribution in [1.29, 1.82) is 0 Å². The van der Waals surface area contributed by atoms with Crippen LogP contribution in [0.4, 0.5) is 5.69 Å². The maximum Gasteiger partial charge on any atom is 0.314 e. The molecule has 0 saturated carbocycles. The molecular weight excluding hydrogens is 322 g/mol. The molecule has 0 spiro atoms. The molecule has 1 aromatic carbocycles. The van der Waals surface area contributed by atoms with Crippen molar-refractivity contribution in [1.82, 2.24) is 0 Å². The first kappa shape index (κ1) is 22.5. The van der Waals surface area contributed by atoms with Crippen molar-refractivity contribution in [3.05, 3.63) is 24.3 Å². The lowest BCUT2D eigenvalue weighted by Crippen LogP contribution is -1.98. The quantitative estimate of drug-likeness (QED) is 0.225. The topological polar surface area (TPSA) is 38.3 Å². The molecule has 0 aromatic heterocycles. The average Bonchev–Trinajstić information content (AvgIpc) is 2.66. The van der Waals surface area contributed by atoms with Gasteiger partial charge in [0, 0.05) is 5.69 Å². The lowest BCUT2D eigenvalue weighted by Gasteiger charge is -2.07. The molecule has 3 nitrogen and oxygen atoms in total. The van der Waals surface area contributed by atoms with E-state index in [-0.39, 0.29) is 0 Å². The molecule has 0 aliphatic rings. The van der Waals surface area contributed by atoms with E-state index in [0.717, 1.165) is 24.5 Å². The first-order valence-corrected chi connectivity index (χ1v) is 10.7. The van der Waals surface area contributed by atoms with E-state index >= 15 is 0 Å². The van der Waals surface area contributed by atoms with Crippen LogP contribution in [0, 0.1) is 0 Å². The predicted molar refractivity (Wildman–Crippen MR) is 112 cm³/mol. The minimum Gasteiger partial charge on any atom is -0.494 e. The minimum absolute atomic E-state index is 0.740. The number of anilines is 1. The Morgan fingerprint density at radius 3 is 1.65 bits per heavy atom. The summed E-state index contributed by atoms with van der Waals surface area (Å²) in [7, 11) is 0. The number of hydrogen-bond acceptors (Lipinski definition) is 2. The van der Waals surface area contributed by atoms with Gasteiger partial charge in [0.25, 0.3) is 0 Å². The molecule has 147 valence electrons. The van der Waals surface area contributed by atoms with Crippen LogP contribution < -0.4 is 10.1 Å². The van der Waals surface area contributed by atoms with E-state index < -0.39 is 0 Å². The summed E-state index contributed by atoms with van der Waals surface area (Å²) in [5.41, 5.74) is 0.740. The number of hydrogen-bond donors (Lipinski definition) is 1. The van der Waals surface area contributed by atoms with Gasteiger partial charge in [0.05, 0.1) is 6.61 Å². The summed E-state index contributed by atoms with van der Waals surface area (Å²) in [5, 5.41) is 2.50. The zero-order valence-corrected chi connectivity index (χ0v) is 16.7. The second-order valence-electron chi connectivity index (χ2n) is 7.20. The van der Waals surface area contributed by atoms with Crippen LogP contribution in [0.5, 0.6) is 5.75 Å². The van der Waals surface area contributed by atoms with Crippen LogP contribution in [0.2, 0.25) is 0 Å². The Bertz CT molecular complexity index is 430. The highest BCUT2D eigenvalue weighted by Crippen LogP contribution is 2.16. The molecule has 3 heteroatoms. The van der Waals surface area contributed by atoms with Crippen LogP contribution in [0.3, 0.4) is 0 Å². The van der Waals surface area contributed by atoms with Crippen LogP contribution in [-0.4, -0.2) is 13.0 Å². The van der Waals surface area contributed by atoms with Crippen LogP contribution in [0.25, 0.3) is 0 Å². The molecule has 0 saturated heterocycles. The fraction of sp³-hybridized carbons (Fsp3) is 0.696. The normalized spacial score (nSPS) is 10.7. The van der Waals surface area contributed by atoms with Gasteiger partial charge >= 0.3 is 6.41 Å². The third kappa shape index (κ3) is 12.8. The second-order valence-corrected chi connectivity index (χ2v) is 7.20. The third-order valence-corrected chi connectivity index (χ3v) is 4.82. The Balaban J connectivity index is 1.81. The fourth-order valence-corrected chi connectivity index (χ4v) is 3.18. The molecule has 0 unspecified atom stereocenters. The molecule has 1 aromatic rings. The van der Waals surface area contributed by atoms with Crippen LogP contribution in [0.1, 0.15) is 96.8 Å². The van der Waals surface area contributed by atoms with Gasteiger partial charge < -0.3 is 10.1 Å². The number of nitrogens with one attached hydrogen (secondary N) is 1. The van der Waals surface area contributed by atoms with Crippen molar-refractivity contribution in [3.8, 4) is 5.75 Å². The van der Waals surface area contributed by atoms with E-state index in [4.69, 9.17) is 4.74 Å². The molecule has 0 atom stereocenters. The summed E-state index contributed by atoms with van der Waals surface area (Å²) >= 11 is 0.